The molecule has 0 radical (unpaired) electrons. The van der Waals surface area contributed by atoms with E-state index in [9.17, 15) is 24.3 Å². The number of anilines is 1. The van der Waals surface area contributed by atoms with E-state index in [1.54, 1.807) is 0 Å². The molecule has 2 atom stereocenters. The summed E-state index contributed by atoms with van der Waals surface area (Å²) in [7, 11) is 0. The van der Waals surface area contributed by atoms with E-state index in [4.69, 9.17) is 5.11 Å². The lowest BCUT2D eigenvalue weighted by molar-refractivity contribution is -0.134. The molecule has 0 saturated carbocycles. The number of nitrogens with zero attached hydrogens (tertiary/aromatic N) is 2. The SMILES string of the molecule is CC(C)CC(C(=O)Nc1nc(C(=O)O)cs1)N1C(=O)NC(c2ccc(O)cc2)C1=O. The summed E-state index contributed by atoms with van der Waals surface area (Å²) in [6.07, 6.45) is 0.213. The molecule has 10 nitrogen and oxygen atoms in total. The average Bonchev–Trinajstić information content (AvgIpc) is 3.25. The number of benzene rings is 1. The van der Waals surface area contributed by atoms with E-state index >= 15 is 0 Å². The van der Waals surface area contributed by atoms with E-state index in [0.717, 1.165) is 16.2 Å². The Kier molecular flexibility index (Phi) is 6.01. The first-order valence-corrected chi connectivity index (χ1v) is 9.97. The van der Waals surface area contributed by atoms with Gasteiger partial charge in [0.1, 0.15) is 17.8 Å². The Bertz CT molecular complexity index is 987. The zero-order chi connectivity index (χ0) is 22.0. The number of carboxylic acids is 1. The molecule has 0 aliphatic carbocycles. The van der Waals surface area contributed by atoms with Crippen LogP contribution in [0.5, 0.6) is 5.75 Å². The predicted molar refractivity (Wildman–Crippen MR) is 107 cm³/mol. The molecule has 0 bridgehead atoms. The van der Waals surface area contributed by atoms with Crippen molar-refractivity contribution in [2.45, 2.75) is 32.4 Å². The molecule has 11 heteroatoms. The molecule has 1 saturated heterocycles. The average molecular weight is 432 g/mol. The Morgan fingerprint density at radius 2 is 1.93 bits per heavy atom. The van der Waals surface area contributed by atoms with Crippen molar-refractivity contribution in [3.8, 4) is 5.75 Å². The first-order chi connectivity index (χ1) is 14.2. The van der Waals surface area contributed by atoms with Crippen molar-refractivity contribution >= 4 is 40.3 Å². The maximum Gasteiger partial charge on any atom is 0.355 e. The molecule has 1 aromatic carbocycles. The van der Waals surface area contributed by atoms with Gasteiger partial charge in [-0.2, -0.15) is 0 Å². The number of nitrogens with one attached hydrogen (secondary N) is 2. The van der Waals surface area contributed by atoms with Crippen LogP contribution in [0.1, 0.15) is 42.4 Å². The number of amides is 4. The third-order valence-electron chi connectivity index (χ3n) is 4.46. The van der Waals surface area contributed by atoms with Gasteiger partial charge in [0.2, 0.25) is 5.91 Å². The van der Waals surface area contributed by atoms with Crippen molar-refractivity contribution < 1.29 is 29.4 Å². The molecule has 4 N–H and O–H groups in total. The number of aromatic hydroxyl groups is 1. The number of rotatable bonds is 7. The van der Waals surface area contributed by atoms with Gasteiger partial charge in [0, 0.05) is 5.38 Å². The van der Waals surface area contributed by atoms with Crippen LogP contribution in [0.2, 0.25) is 0 Å². The first kappa shape index (κ1) is 21.2. The van der Waals surface area contributed by atoms with Gasteiger partial charge in [0.05, 0.1) is 0 Å². The maximum atomic E-state index is 13.0. The van der Waals surface area contributed by atoms with Crippen molar-refractivity contribution in [2.24, 2.45) is 5.92 Å². The molecule has 30 heavy (non-hydrogen) atoms. The zero-order valence-electron chi connectivity index (χ0n) is 16.2. The van der Waals surface area contributed by atoms with Gasteiger partial charge in [0.15, 0.2) is 10.8 Å². The molecular weight excluding hydrogens is 412 g/mol. The van der Waals surface area contributed by atoms with E-state index in [1.807, 2.05) is 13.8 Å². The van der Waals surface area contributed by atoms with Crippen LogP contribution in [0.4, 0.5) is 9.93 Å². The van der Waals surface area contributed by atoms with Gasteiger partial charge in [-0.25, -0.2) is 19.5 Å². The quantitative estimate of drug-likeness (QED) is 0.490. The highest BCUT2D eigenvalue weighted by molar-refractivity contribution is 7.14. The molecule has 3 rings (SSSR count). The lowest BCUT2D eigenvalue weighted by Crippen LogP contribution is -2.48. The van der Waals surface area contributed by atoms with Crippen LogP contribution in [0.15, 0.2) is 29.6 Å². The van der Waals surface area contributed by atoms with Crippen LogP contribution in [0, 0.1) is 5.92 Å². The first-order valence-electron chi connectivity index (χ1n) is 9.09. The normalized spacial score (nSPS) is 17.2. The minimum atomic E-state index is -1.23. The fourth-order valence-electron chi connectivity index (χ4n) is 3.08. The van der Waals surface area contributed by atoms with E-state index in [1.165, 1.54) is 29.6 Å². The minimum Gasteiger partial charge on any atom is -0.508 e. The number of imide groups is 1. The third kappa shape index (κ3) is 4.40. The zero-order valence-corrected chi connectivity index (χ0v) is 17.0. The predicted octanol–water partition coefficient (Wildman–Crippen LogP) is 2.19. The fourth-order valence-corrected chi connectivity index (χ4v) is 3.76. The minimum absolute atomic E-state index is 0.0139. The van der Waals surface area contributed by atoms with Crippen molar-refractivity contribution in [3.63, 3.8) is 0 Å². The smallest absolute Gasteiger partial charge is 0.355 e. The highest BCUT2D eigenvalue weighted by Gasteiger charge is 2.45. The number of hydrogen-bond donors (Lipinski definition) is 4. The molecular formula is C19H20N4O6S. The Balaban J connectivity index is 1.83. The number of urea groups is 1. The number of phenolic OH excluding ortho intramolecular Hbond substituents is 1. The molecule has 158 valence electrons. The third-order valence-corrected chi connectivity index (χ3v) is 5.22. The van der Waals surface area contributed by atoms with E-state index in [0.29, 0.717) is 5.56 Å². The van der Waals surface area contributed by atoms with Gasteiger partial charge in [-0.3, -0.25) is 9.59 Å². The van der Waals surface area contributed by atoms with Crippen LogP contribution in [0.25, 0.3) is 0 Å². The summed E-state index contributed by atoms with van der Waals surface area (Å²) in [5.74, 6) is -2.44. The van der Waals surface area contributed by atoms with E-state index in [2.05, 4.69) is 15.6 Å². The number of carbonyl (C=O) groups excluding carboxylic acids is 3. The molecule has 1 aliphatic rings. The molecule has 1 aromatic heterocycles. The van der Waals surface area contributed by atoms with Gasteiger partial charge in [-0.15, -0.1) is 11.3 Å². The number of phenols is 1. The number of carboxylic acid groups (broad SMARTS) is 1. The van der Waals surface area contributed by atoms with Gasteiger partial charge >= 0.3 is 12.0 Å². The van der Waals surface area contributed by atoms with Crippen LogP contribution >= 0.6 is 11.3 Å². The van der Waals surface area contributed by atoms with Gasteiger partial charge < -0.3 is 20.8 Å². The van der Waals surface area contributed by atoms with Gasteiger partial charge in [0.25, 0.3) is 5.91 Å². The number of carbonyl (C=O) groups is 4. The second kappa shape index (κ2) is 8.49. The largest absolute Gasteiger partial charge is 0.508 e. The maximum absolute atomic E-state index is 13.0. The number of hydrogen-bond acceptors (Lipinski definition) is 7. The summed E-state index contributed by atoms with van der Waals surface area (Å²) < 4.78 is 0. The van der Waals surface area contributed by atoms with Gasteiger partial charge in [-0.1, -0.05) is 26.0 Å². The summed E-state index contributed by atoms with van der Waals surface area (Å²) in [4.78, 5) is 54.1. The lowest BCUT2D eigenvalue weighted by atomic mass is 10.0. The van der Waals surface area contributed by atoms with Gasteiger partial charge in [-0.05, 0) is 30.0 Å². The number of aromatic nitrogens is 1. The second-order valence-corrected chi connectivity index (χ2v) is 8.02. The molecule has 4 amide bonds. The summed E-state index contributed by atoms with van der Waals surface area (Å²) >= 11 is 0.934. The van der Waals surface area contributed by atoms with Crippen LogP contribution in [-0.2, 0) is 9.59 Å². The Morgan fingerprint density at radius 3 is 2.50 bits per heavy atom. The van der Waals surface area contributed by atoms with Crippen LogP contribution in [0.3, 0.4) is 0 Å². The fraction of sp³-hybridized carbons (Fsp3) is 0.316. The molecule has 0 spiro atoms. The highest BCUT2D eigenvalue weighted by Crippen LogP contribution is 2.28. The Morgan fingerprint density at radius 1 is 1.27 bits per heavy atom. The topological polar surface area (TPSA) is 149 Å². The molecule has 2 unspecified atom stereocenters. The number of thiazole rings is 1. The van der Waals surface area contributed by atoms with Crippen molar-refractivity contribution in [1.29, 1.82) is 0 Å². The van der Waals surface area contributed by atoms with E-state index < -0.39 is 35.9 Å². The summed E-state index contributed by atoms with van der Waals surface area (Å²) in [6, 6.07) is 3.06. The van der Waals surface area contributed by atoms with Crippen molar-refractivity contribution in [1.82, 2.24) is 15.2 Å². The second-order valence-electron chi connectivity index (χ2n) is 7.16. The van der Waals surface area contributed by atoms with Crippen LogP contribution < -0.4 is 10.6 Å². The Hall–Kier alpha value is -3.47. The summed E-state index contributed by atoms with van der Waals surface area (Å²) in [5, 5.41) is 24.8. The molecule has 1 fully saturated rings. The Labute approximate surface area is 175 Å². The monoisotopic (exact) mass is 432 g/mol. The number of aromatic carboxylic acids is 1. The van der Waals surface area contributed by atoms with Crippen LogP contribution in [-0.4, -0.2) is 50.0 Å². The summed E-state index contributed by atoms with van der Waals surface area (Å²) in [6.45, 7) is 3.70. The van der Waals surface area contributed by atoms with Crippen molar-refractivity contribution in [2.75, 3.05) is 5.32 Å². The molecule has 1 aliphatic heterocycles. The summed E-state index contributed by atoms with van der Waals surface area (Å²) in [5.41, 5.74) is 0.265. The van der Waals surface area contributed by atoms with Crippen molar-refractivity contribution in [3.05, 3.63) is 40.9 Å². The molecule has 2 aromatic rings. The molecule has 2 heterocycles. The highest BCUT2D eigenvalue weighted by atomic mass is 32.1. The van der Waals surface area contributed by atoms with E-state index in [-0.39, 0.29) is 28.9 Å². The standard InChI is InChI=1S/C19H20N4O6S/c1-9(2)7-13(15(25)22-18-20-12(8-30-18)17(27)28)23-16(26)14(21-19(23)29)10-3-5-11(24)6-4-10/h3-6,8-9,13-14,24H,7H2,1-2H3,(H,21,29)(H,27,28)(H,20,22,25). The lowest BCUT2D eigenvalue weighted by Gasteiger charge is -2.25.